The number of carbonyl (C=O) groups is 2. The molecule has 2 N–H and O–H groups in total. The molecule has 3 saturated heterocycles. The van der Waals surface area contributed by atoms with Crippen LogP contribution in [0, 0.1) is 0 Å². The second-order valence-electron chi connectivity index (χ2n) is 14.3. The fraction of sp³-hybridized carbons (Fsp3) is 0.657. The van der Waals surface area contributed by atoms with Crippen LogP contribution in [0.2, 0.25) is 0 Å². The van der Waals surface area contributed by atoms with Crippen LogP contribution < -0.4 is 20.4 Å². The van der Waals surface area contributed by atoms with E-state index in [4.69, 9.17) is 9.47 Å². The van der Waals surface area contributed by atoms with Crippen LogP contribution in [0.15, 0.2) is 49.1 Å². The van der Waals surface area contributed by atoms with E-state index in [1.54, 1.807) is 29.2 Å². The molecule has 0 radical (unpaired) electrons. The number of carbonyl (C=O) groups excluding carboxylic acids is 2. The molecule has 0 spiro atoms. The number of likely N-dealkylation sites (N-methyl/N-ethyl adjacent to an activating group) is 3. The van der Waals surface area contributed by atoms with Crippen LogP contribution in [0.1, 0.15) is 60.8 Å². The first-order chi connectivity index (χ1) is 22.2. The lowest BCUT2D eigenvalue weighted by Crippen LogP contribution is -2.42. The summed E-state index contributed by atoms with van der Waals surface area (Å²) in [4.78, 5) is 39.8. The standard InChI is InChI=1S/C15H23N3O2.C10H15N3.C10H20N2O2.2ClH/c1-15(2,3)20-14(19)17(4)13-7-10-18(11-13)12-5-8-16-9-6-12;1-11-9-4-7-13(8-9)10-2-5-12-6-3-10;1-10(2,3)14-9(13)12(4)8-5-6-11-7-8;;/h5-6,8-9,13H,7,10-11H2,1-4H3;2-3,5-6,9,11H,4,7-8H2,1H3;8,11H,5-7H2,1-4H3;2*1H. The van der Waals surface area contributed by atoms with Crippen LogP contribution in [-0.4, -0.2) is 122 Å². The number of pyridine rings is 2. The number of aromatic nitrogens is 2. The summed E-state index contributed by atoms with van der Waals surface area (Å²) in [6, 6.07) is 9.25. The van der Waals surface area contributed by atoms with Crippen molar-refractivity contribution in [3.8, 4) is 0 Å². The number of anilines is 2. The van der Waals surface area contributed by atoms with Crippen molar-refractivity contribution in [2.45, 2.75) is 90.1 Å². The van der Waals surface area contributed by atoms with Crippen molar-refractivity contribution < 1.29 is 19.1 Å². The molecule has 3 fully saturated rings. The maximum Gasteiger partial charge on any atom is 0.410 e. The maximum absolute atomic E-state index is 12.1. The number of nitrogens with zero attached hydrogens (tertiary/aromatic N) is 6. The van der Waals surface area contributed by atoms with E-state index in [9.17, 15) is 9.59 Å². The van der Waals surface area contributed by atoms with Crippen molar-refractivity contribution in [1.29, 1.82) is 0 Å². The summed E-state index contributed by atoms with van der Waals surface area (Å²) >= 11 is 0. The molecule has 0 bridgehead atoms. The van der Waals surface area contributed by atoms with Gasteiger partial charge in [-0.25, -0.2) is 9.59 Å². The normalized spacial score (nSPS) is 20.0. The highest BCUT2D eigenvalue weighted by Crippen LogP contribution is 2.23. The molecule has 2 aromatic rings. The Bertz CT molecular complexity index is 1230. The molecular formula is C35H60Cl2N8O4. The second kappa shape index (κ2) is 20.6. The SMILES string of the molecule is CN(C(=O)OC(C)(C)C)C1CCN(c2ccncc2)C1.CN(C(=O)OC(C)(C)C)C1CCNC1.CNC1CCN(c2ccncc2)C1.Cl.Cl. The van der Waals surface area contributed by atoms with Gasteiger partial charge in [0.15, 0.2) is 0 Å². The topological polar surface area (TPSA) is 115 Å². The Morgan fingerprint density at radius 3 is 1.61 bits per heavy atom. The van der Waals surface area contributed by atoms with Crippen molar-refractivity contribution in [2.75, 3.05) is 70.2 Å². The van der Waals surface area contributed by atoms with Gasteiger partial charge in [0.25, 0.3) is 0 Å². The minimum Gasteiger partial charge on any atom is -0.444 e. The van der Waals surface area contributed by atoms with Crippen LogP contribution >= 0.6 is 24.8 Å². The van der Waals surface area contributed by atoms with E-state index in [1.165, 1.54) is 12.1 Å². The van der Waals surface area contributed by atoms with E-state index in [0.717, 1.165) is 57.8 Å². The highest BCUT2D eigenvalue weighted by Gasteiger charge is 2.31. The molecule has 3 atom stereocenters. The lowest BCUT2D eigenvalue weighted by Gasteiger charge is -2.28. The van der Waals surface area contributed by atoms with Gasteiger partial charge in [-0.15, -0.1) is 24.8 Å². The van der Waals surface area contributed by atoms with Gasteiger partial charge >= 0.3 is 12.2 Å². The van der Waals surface area contributed by atoms with Crippen molar-refractivity contribution >= 4 is 48.4 Å². The number of ether oxygens (including phenoxy) is 2. The summed E-state index contributed by atoms with van der Waals surface area (Å²) in [7, 11) is 5.64. The fourth-order valence-corrected chi connectivity index (χ4v) is 5.57. The smallest absolute Gasteiger partial charge is 0.410 e. The Labute approximate surface area is 306 Å². The second-order valence-corrected chi connectivity index (χ2v) is 14.3. The lowest BCUT2D eigenvalue weighted by molar-refractivity contribution is 0.0226. The zero-order valence-electron chi connectivity index (χ0n) is 30.8. The van der Waals surface area contributed by atoms with Gasteiger partial charge in [0.2, 0.25) is 0 Å². The fourth-order valence-electron chi connectivity index (χ4n) is 5.57. The molecule has 2 amide bonds. The summed E-state index contributed by atoms with van der Waals surface area (Å²) in [5, 5.41) is 6.53. The van der Waals surface area contributed by atoms with Crippen LogP contribution in [0.3, 0.4) is 0 Å². The van der Waals surface area contributed by atoms with Crippen molar-refractivity contribution in [3.05, 3.63) is 49.1 Å². The average molecular weight is 728 g/mol. The van der Waals surface area contributed by atoms with E-state index in [1.807, 2.05) is 80.2 Å². The Morgan fingerprint density at radius 1 is 0.755 bits per heavy atom. The molecule has 49 heavy (non-hydrogen) atoms. The zero-order valence-corrected chi connectivity index (χ0v) is 32.5. The molecule has 3 aliphatic rings. The Morgan fingerprint density at radius 2 is 1.20 bits per heavy atom. The van der Waals surface area contributed by atoms with Gasteiger partial charge in [0.1, 0.15) is 11.2 Å². The van der Waals surface area contributed by atoms with Gasteiger partial charge in [-0.05, 0) is 98.7 Å². The number of hydrogen-bond donors (Lipinski definition) is 2. The minimum atomic E-state index is -0.450. The third-order valence-electron chi connectivity index (χ3n) is 8.31. The number of hydrogen-bond acceptors (Lipinski definition) is 10. The Kier molecular flexibility index (Phi) is 18.5. The predicted octanol–water partition coefficient (Wildman–Crippen LogP) is 5.47. The molecule has 278 valence electrons. The van der Waals surface area contributed by atoms with Gasteiger partial charge in [0.05, 0.1) is 6.04 Å². The van der Waals surface area contributed by atoms with Gasteiger partial charge < -0.3 is 39.7 Å². The first-order valence-corrected chi connectivity index (χ1v) is 16.8. The molecule has 12 nitrogen and oxygen atoms in total. The largest absolute Gasteiger partial charge is 0.444 e. The summed E-state index contributed by atoms with van der Waals surface area (Å²) in [5.74, 6) is 0. The average Bonchev–Trinajstić information content (AvgIpc) is 3.83. The van der Waals surface area contributed by atoms with Crippen LogP contribution in [0.25, 0.3) is 0 Å². The molecular weight excluding hydrogens is 667 g/mol. The van der Waals surface area contributed by atoms with Crippen molar-refractivity contribution in [1.82, 2.24) is 30.4 Å². The maximum atomic E-state index is 12.1. The quantitative estimate of drug-likeness (QED) is 0.412. The molecule has 14 heteroatoms. The monoisotopic (exact) mass is 726 g/mol. The van der Waals surface area contributed by atoms with Crippen molar-refractivity contribution in [3.63, 3.8) is 0 Å². The Balaban J connectivity index is 0.000000371. The number of halogens is 2. The van der Waals surface area contributed by atoms with E-state index in [-0.39, 0.29) is 49.1 Å². The molecule has 0 aliphatic carbocycles. The van der Waals surface area contributed by atoms with E-state index in [2.05, 4.69) is 42.5 Å². The van der Waals surface area contributed by atoms with Gasteiger partial charge in [-0.2, -0.15) is 0 Å². The Hall–Kier alpha value is -3.06. The lowest BCUT2D eigenvalue weighted by atomic mass is 10.2. The van der Waals surface area contributed by atoms with Gasteiger partial charge in [-0.1, -0.05) is 0 Å². The third kappa shape index (κ3) is 15.2. The summed E-state index contributed by atoms with van der Waals surface area (Å²) < 4.78 is 10.7. The molecule has 5 rings (SSSR count). The van der Waals surface area contributed by atoms with E-state index >= 15 is 0 Å². The molecule has 0 saturated carbocycles. The molecule has 2 aromatic heterocycles. The van der Waals surface area contributed by atoms with E-state index in [0.29, 0.717) is 6.04 Å². The first kappa shape index (κ1) is 44.0. The number of rotatable bonds is 5. The summed E-state index contributed by atoms with van der Waals surface area (Å²) in [6.07, 6.45) is 10.0. The van der Waals surface area contributed by atoms with Gasteiger partial charge in [0, 0.05) is 95.1 Å². The summed E-state index contributed by atoms with van der Waals surface area (Å²) in [6.45, 7) is 17.2. The van der Waals surface area contributed by atoms with Crippen LogP contribution in [-0.2, 0) is 9.47 Å². The molecule has 0 aromatic carbocycles. The number of nitrogens with one attached hydrogen (secondary N) is 2. The van der Waals surface area contributed by atoms with Gasteiger partial charge in [-0.3, -0.25) is 9.97 Å². The predicted molar refractivity (Wildman–Crippen MR) is 203 cm³/mol. The van der Waals surface area contributed by atoms with Crippen LogP contribution in [0.4, 0.5) is 21.0 Å². The number of amides is 2. The summed E-state index contributed by atoms with van der Waals surface area (Å²) in [5.41, 5.74) is 1.58. The molecule has 3 unspecified atom stereocenters. The molecule has 5 heterocycles. The van der Waals surface area contributed by atoms with Crippen molar-refractivity contribution in [2.24, 2.45) is 0 Å². The minimum absolute atomic E-state index is 0. The first-order valence-electron chi connectivity index (χ1n) is 16.8. The highest BCUT2D eigenvalue weighted by molar-refractivity contribution is 5.85. The van der Waals surface area contributed by atoms with Crippen LogP contribution in [0.5, 0.6) is 0 Å². The zero-order chi connectivity index (χ0) is 34.6. The van der Waals surface area contributed by atoms with E-state index < -0.39 is 11.2 Å². The highest BCUT2D eigenvalue weighted by atomic mass is 35.5. The third-order valence-corrected chi connectivity index (χ3v) is 8.31. The molecule has 3 aliphatic heterocycles.